The first-order valence-corrected chi connectivity index (χ1v) is 9.75. The molecule has 5 heteroatoms. The van der Waals surface area contributed by atoms with Crippen molar-refractivity contribution >= 4 is 33.1 Å². The van der Waals surface area contributed by atoms with Crippen molar-refractivity contribution in [1.29, 1.82) is 0 Å². The summed E-state index contributed by atoms with van der Waals surface area (Å²) in [6.45, 7) is 1.90. The number of fused-ring (bicyclic) bond motifs is 1. The number of nitrogens with one attached hydrogen (secondary N) is 1. The molecule has 2 aromatic carbocycles. The van der Waals surface area contributed by atoms with E-state index >= 15 is 0 Å². The first-order chi connectivity index (χ1) is 13.2. The van der Waals surface area contributed by atoms with Gasteiger partial charge in [-0.25, -0.2) is 4.98 Å². The smallest absolute Gasteiger partial charge is 0.226 e. The van der Waals surface area contributed by atoms with Crippen LogP contribution in [0, 0.1) is 6.92 Å². The van der Waals surface area contributed by atoms with Crippen LogP contribution in [0.1, 0.15) is 28.4 Å². The predicted octanol–water partition coefficient (Wildman–Crippen LogP) is 5.36. The molecule has 0 unspecified atom stereocenters. The average Bonchev–Trinajstić information content (AvgIpc) is 3.28. The Morgan fingerprint density at radius 2 is 1.96 bits per heavy atom. The van der Waals surface area contributed by atoms with Crippen molar-refractivity contribution in [2.24, 2.45) is 0 Å². The first kappa shape index (κ1) is 17.5. The Morgan fingerprint density at radius 1 is 1.11 bits per heavy atom. The van der Waals surface area contributed by atoms with Gasteiger partial charge in [-0.2, -0.15) is 0 Å². The summed E-state index contributed by atoms with van der Waals surface area (Å²) in [5, 5.41) is 6.00. The summed E-state index contributed by atoms with van der Waals surface area (Å²) in [6, 6.07) is 18.7. The highest BCUT2D eigenvalue weighted by Gasteiger charge is 2.09. The summed E-state index contributed by atoms with van der Waals surface area (Å²) < 4.78 is 5.49. The van der Waals surface area contributed by atoms with E-state index in [9.17, 15) is 4.79 Å². The van der Waals surface area contributed by atoms with E-state index in [0.29, 0.717) is 18.0 Å². The summed E-state index contributed by atoms with van der Waals surface area (Å²) in [5.74, 6) is 1.65. The summed E-state index contributed by atoms with van der Waals surface area (Å²) in [5.41, 5.74) is 1.24. The van der Waals surface area contributed by atoms with Gasteiger partial charge in [0.25, 0.3) is 0 Å². The number of carbonyl (C=O) groups is 1. The van der Waals surface area contributed by atoms with Crippen molar-refractivity contribution in [3.05, 3.63) is 82.8 Å². The zero-order valence-corrected chi connectivity index (χ0v) is 15.9. The third-order valence-corrected chi connectivity index (χ3v) is 5.30. The van der Waals surface area contributed by atoms with Crippen LogP contribution in [0.2, 0.25) is 0 Å². The number of carbonyl (C=O) groups excluding carboxylic acids is 1. The molecule has 0 aliphatic heterocycles. The molecule has 4 nitrogen and oxygen atoms in total. The quantitative estimate of drug-likeness (QED) is 0.493. The molecule has 0 aliphatic carbocycles. The highest BCUT2D eigenvalue weighted by atomic mass is 32.1. The van der Waals surface area contributed by atoms with E-state index in [2.05, 4.69) is 46.7 Å². The molecule has 0 saturated carbocycles. The molecule has 0 radical (unpaired) electrons. The SMILES string of the molecule is Cc1ccc(CCC(=O)Nc2ncc(Cc3ccc4ccccc4c3)s2)o1. The minimum absolute atomic E-state index is 0.0457. The number of nitrogens with zero attached hydrogens (tertiary/aromatic N) is 1. The lowest BCUT2D eigenvalue weighted by molar-refractivity contribution is -0.116. The zero-order valence-electron chi connectivity index (χ0n) is 15.1. The van der Waals surface area contributed by atoms with Crippen molar-refractivity contribution in [2.75, 3.05) is 5.32 Å². The minimum Gasteiger partial charge on any atom is -0.466 e. The lowest BCUT2D eigenvalue weighted by Gasteiger charge is -2.02. The Balaban J connectivity index is 1.35. The lowest BCUT2D eigenvalue weighted by atomic mass is 10.0. The second-order valence-electron chi connectivity index (χ2n) is 6.55. The standard InChI is InChI=1S/C22H20N2O2S/c1-15-6-9-19(26-15)10-11-21(25)24-22-23-14-20(27-22)13-16-7-8-17-4-2-3-5-18(17)12-16/h2-9,12,14H,10-11,13H2,1H3,(H,23,24,25). The van der Waals surface area contributed by atoms with E-state index in [4.69, 9.17) is 4.42 Å². The van der Waals surface area contributed by atoms with E-state index in [0.717, 1.165) is 22.8 Å². The molecule has 27 heavy (non-hydrogen) atoms. The number of benzene rings is 2. The fraction of sp³-hybridized carbons (Fsp3) is 0.182. The Labute approximate surface area is 161 Å². The second kappa shape index (κ2) is 7.76. The number of anilines is 1. The summed E-state index contributed by atoms with van der Waals surface area (Å²) in [6.07, 6.45) is 3.62. The predicted molar refractivity (Wildman–Crippen MR) is 109 cm³/mol. The fourth-order valence-corrected chi connectivity index (χ4v) is 3.90. The summed E-state index contributed by atoms with van der Waals surface area (Å²) in [7, 11) is 0. The Morgan fingerprint density at radius 3 is 2.78 bits per heavy atom. The first-order valence-electron chi connectivity index (χ1n) is 8.93. The third kappa shape index (κ3) is 4.44. The van der Waals surface area contributed by atoms with Crippen LogP contribution in [0.5, 0.6) is 0 Å². The van der Waals surface area contributed by atoms with Crippen molar-refractivity contribution in [3.63, 3.8) is 0 Å². The number of furan rings is 1. The number of aryl methyl sites for hydroxylation is 2. The second-order valence-corrected chi connectivity index (χ2v) is 7.67. The Kier molecular flexibility index (Phi) is 5.03. The molecular weight excluding hydrogens is 356 g/mol. The molecule has 0 spiro atoms. The number of amides is 1. The number of rotatable bonds is 6. The molecule has 4 rings (SSSR count). The lowest BCUT2D eigenvalue weighted by Crippen LogP contribution is -2.11. The zero-order chi connectivity index (χ0) is 18.6. The largest absolute Gasteiger partial charge is 0.466 e. The number of thiazole rings is 1. The van der Waals surface area contributed by atoms with Crippen LogP contribution in [0.3, 0.4) is 0 Å². The summed E-state index contributed by atoms with van der Waals surface area (Å²) >= 11 is 1.52. The molecule has 1 amide bonds. The van der Waals surface area contributed by atoms with Crippen molar-refractivity contribution < 1.29 is 9.21 Å². The normalized spacial score (nSPS) is 11.0. The number of hydrogen-bond acceptors (Lipinski definition) is 4. The van der Waals surface area contributed by atoms with E-state index in [-0.39, 0.29) is 5.91 Å². The highest BCUT2D eigenvalue weighted by Crippen LogP contribution is 2.23. The molecule has 4 aromatic rings. The van der Waals surface area contributed by atoms with Gasteiger partial charge < -0.3 is 9.73 Å². The van der Waals surface area contributed by atoms with Crippen molar-refractivity contribution in [2.45, 2.75) is 26.2 Å². The maximum absolute atomic E-state index is 12.1. The molecular formula is C22H20N2O2S. The average molecular weight is 376 g/mol. The molecule has 2 aromatic heterocycles. The van der Waals surface area contributed by atoms with Crippen LogP contribution >= 0.6 is 11.3 Å². The van der Waals surface area contributed by atoms with Gasteiger partial charge >= 0.3 is 0 Å². The van der Waals surface area contributed by atoms with Gasteiger partial charge in [-0.1, -0.05) is 42.5 Å². The number of aromatic nitrogens is 1. The molecule has 0 atom stereocenters. The van der Waals surface area contributed by atoms with Gasteiger partial charge in [0.1, 0.15) is 11.5 Å². The van der Waals surface area contributed by atoms with Gasteiger partial charge in [0.15, 0.2) is 5.13 Å². The number of hydrogen-bond donors (Lipinski definition) is 1. The van der Waals surface area contributed by atoms with Gasteiger partial charge in [-0.3, -0.25) is 4.79 Å². The van der Waals surface area contributed by atoms with Crippen LogP contribution in [0.4, 0.5) is 5.13 Å². The van der Waals surface area contributed by atoms with E-state index < -0.39 is 0 Å². The maximum Gasteiger partial charge on any atom is 0.226 e. The van der Waals surface area contributed by atoms with E-state index in [1.165, 1.54) is 27.7 Å². The molecule has 0 saturated heterocycles. The van der Waals surface area contributed by atoms with Gasteiger partial charge in [-0.05, 0) is 35.4 Å². The third-order valence-electron chi connectivity index (χ3n) is 4.39. The van der Waals surface area contributed by atoms with E-state index in [1.807, 2.05) is 31.3 Å². The van der Waals surface area contributed by atoms with Crippen LogP contribution in [-0.4, -0.2) is 10.9 Å². The molecule has 1 N–H and O–H groups in total. The molecule has 0 aliphatic rings. The Hall–Kier alpha value is -2.92. The highest BCUT2D eigenvalue weighted by molar-refractivity contribution is 7.15. The van der Waals surface area contributed by atoms with E-state index in [1.54, 1.807) is 0 Å². The molecule has 136 valence electrons. The van der Waals surface area contributed by atoms with Gasteiger partial charge in [0, 0.05) is 30.3 Å². The minimum atomic E-state index is -0.0457. The van der Waals surface area contributed by atoms with Crippen LogP contribution in [0.15, 0.2) is 65.2 Å². The van der Waals surface area contributed by atoms with Crippen LogP contribution in [0.25, 0.3) is 10.8 Å². The van der Waals surface area contributed by atoms with Gasteiger partial charge in [0.05, 0.1) is 0 Å². The van der Waals surface area contributed by atoms with Gasteiger partial charge in [-0.15, -0.1) is 11.3 Å². The van der Waals surface area contributed by atoms with Crippen LogP contribution in [-0.2, 0) is 17.6 Å². The maximum atomic E-state index is 12.1. The molecule has 0 fully saturated rings. The van der Waals surface area contributed by atoms with Crippen LogP contribution < -0.4 is 5.32 Å². The summed E-state index contributed by atoms with van der Waals surface area (Å²) in [4.78, 5) is 17.6. The molecule has 2 heterocycles. The fourth-order valence-electron chi connectivity index (χ4n) is 3.03. The Bertz CT molecular complexity index is 1080. The molecule has 0 bridgehead atoms. The topological polar surface area (TPSA) is 55.1 Å². The monoisotopic (exact) mass is 376 g/mol. The van der Waals surface area contributed by atoms with Gasteiger partial charge in [0.2, 0.25) is 5.91 Å². The van der Waals surface area contributed by atoms with Crippen molar-refractivity contribution in [1.82, 2.24) is 4.98 Å². The van der Waals surface area contributed by atoms with Crippen molar-refractivity contribution in [3.8, 4) is 0 Å².